The van der Waals surface area contributed by atoms with Crippen molar-refractivity contribution in [1.82, 2.24) is 10.6 Å². The number of benzene rings is 1. The molecule has 0 unspecified atom stereocenters. The van der Waals surface area contributed by atoms with Crippen LogP contribution in [-0.2, 0) is 0 Å². The topological polar surface area (TPSA) is 45.7 Å². The molecule has 0 saturated heterocycles. The molecule has 0 amide bonds. The summed E-state index contributed by atoms with van der Waals surface area (Å²) in [6, 6.07) is 8.63. The summed E-state index contributed by atoms with van der Waals surface area (Å²) in [5.74, 6) is 1.87. The average molecular weight is 273 g/mol. The Bertz CT molecular complexity index is 506. The number of hydrogen-bond donors (Lipinski definition) is 2. The predicted molar refractivity (Wildman–Crippen MR) is 81.2 cm³/mol. The van der Waals surface area contributed by atoms with Crippen LogP contribution in [0.25, 0.3) is 0 Å². The Morgan fingerprint density at radius 1 is 1.30 bits per heavy atom. The molecule has 0 bridgehead atoms. The van der Waals surface area contributed by atoms with Gasteiger partial charge in [0.2, 0.25) is 0 Å². The highest BCUT2D eigenvalue weighted by Gasteiger charge is 2.43. The molecule has 1 aliphatic heterocycles. The minimum Gasteiger partial charge on any atom is -0.487 e. The van der Waals surface area contributed by atoms with E-state index in [-0.39, 0.29) is 11.6 Å². The second kappa shape index (κ2) is 5.35. The number of hydrogen-bond acceptors (Lipinski definition) is 2. The monoisotopic (exact) mass is 273 g/mol. The lowest BCUT2D eigenvalue weighted by Crippen LogP contribution is -2.45. The van der Waals surface area contributed by atoms with Crippen LogP contribution in [0.15, 0.2) is 29.3 Å². The van der Waals surface area contributed by atoms with Crippen molar-refractivity contribution in [3.8, 4) is 5.75 Å². The van der Waals surface area contributed by atoms with Crippen molar-refractivity contribution in [3.63, 3.8) is 0 Å². The Labute approximate surface area is 120 Å². The van der Waals surface area contributed by atoms with Crippen LogP contribution < -0.4 is 15.4 Å². The van der Waals surface area contributed by atoms with Crippen LogP contribution >= 0.6 is 0 Å². The molecule has 1 atom stereocenters. The van der Waals surface area contributed by atoms with E-state index in [0.29, 0.717) is 0 Å². The smallest absolute Gasteiger partial charge is 0.191 e. The fraction of sp³-hybridized carbons (Fsp3) is 0.562. The van der Waals surface area contributed by atoms with Crippen molar-refractivity contribution >= 4 is 5.96 Å². The number of rotatable bonds is 1. The van der Waals surface area contributed by atoms with E-state index in [1.165, 1.54) is 18.4 Å². The largest absolute Gasteiger partial charge is 0.487 e. The van der Waals surface area contributed by atoms with E-state index < -0.39 is 0 Å². The SMILES string of the molecule is CN=C(NC)N[C@@H]1CC2(CCCC2)Oc2ccccc21. The maximum Gasteiger partial charge on any atom is 0.191 e. The third kappa shape index (κ3) is 2.35. The second-order valence-corrected chi connectivity index (χ2v) is 5.75. The molecule has 1 spiro atoms. The van der Waals surface area contributed by atoms with Crippen LogP contribution in [0.5, 0.6) is 5.75 Å². The summed E-state index contributed by atoms with van der Waals surface area (Å²) < 4.78 is 6.36. The standard InChI is InChI=1S/C16H23N3O/c1-17-15(18-2)19-13-11-16(9-5-6-10-16)20-14-8-4-3-7-12(13)14/h3-4,7-8,13H,5-6,9-11H2,1-2H3,(H2,17,18,19)/t13-/m1/s1. The quantitative estimate of drug-likeness (QED) is 0.611. The lowest BCUT2D eigenvalue weighted by atomic mass is 9.86. The third-order valence-electron chi connectivity index (χ3n) is 4.48. The highest BCUT2D eigenvalue weighted by Crippen LogP contribution is 2.46. The Kier molecular flexibility index (Phi) is 3.55. The van der Waals surface area contributed by atoms with Gasteiger partial charge in [-0.05, 0) is 31.7 Å². The van der Waals surface area contributed by atoms with Crippen molar-refractivity contribution in [2.24, 2.45) is 4.99 Å². The van der Waals surface area contributed by atoms with E-state index in [9.17, 15) is 0 Å². The molecule has 1 saturated carbocycles. The van der Waals surface area contributed by atoms with Gasteiger partial charge in [0.15, 0.2) is 5.96 Å². The van der Waals surface area contributed by atoms with Crippen LogP contribution in [0, 0.1) is 0 Å². The molecule has 2 N–H and O–H groups in total. The van der Waals surface area contributed by atoms with Crippen molar-refractivity contribution in [2.45, 2.75) is 43.7 Å². The number of nitrogens with zero attached hydrogens (tertiary/aromatic N) is 1. The van der Waals surface area contributed by atoms with E-state index in [0.717, 1.165) is 31.0 Å². The maximum atomic E-state index is 6.36. The van der Waals surface area contributed by atoms with Crippen molar-refractivity contribution in [2.75, 3.05) is 14.1 Å². The molecular formula is C16H23N3O. The van der Waals surface area contributed by atoms with Gasteiger partial charge in [-0.1, -0.05) is 18.2 Å². The van der Waals surface area contributed by atoms with Gasteiger partial charge in [0.05, 0.1) is 6.04 Å². The summed E-state index contributed by atoms with van der Waals surface area (Å²) in [4.78, 5) is 4.24. The van der Waals surface area contributed by atoms with Crippen LogP contribution in [0.2, 0.25) is 0 Å². The Morgan fingerprint density at radius 2 is 2.05 bits per heavy atom. The molecular weight excluding hydrogens is 250 g/mol. The van der Waals surface area contributed by atoms with Gasteiger partial charge in [-0.15, -0.1) is 0 Å². The molecule has 2 aliphatic rings. The molecule has 1 aromatic rings. The van der Waals surface area contributed by atoms with Gasteiger partial charge < -0.3 is 15.4 Å². The van der Waals surface area contributed by atoms with Gasteiger partial charge in [-0.3, -0.25) is 4.99 Å². The zero-order chi connectivity index (χ0) is 14.0. The van der Waals surface area contributed by atoms with E-state index >= 15 is 0 Å². The minimum atomic E-state index is 0.0264. The second-order valence-electron chi connectivity index (χ2n) is 5.75. The molecule has 3 rings (SSSR count). The number of nitrogens with one attached hydrogen (secondary N) is 2. The summed E-state index contributed by atoms with van der Waals surface area (Å²) in [5.41, 5.74) is 1.26. The molecule has 4 nitrogen and oxygen atoms in total. The first-order valence-corrected chi connectivity index (χ1v) is 7.45. The fourth-order valence-corrected chi connectivity index (χ4v) is 3.49. The minimum absolute atomic E-state index is 0.0264. The summed E-state index contributed by atoms with van der Waals surface area (Å²) in [6.07, 6.45) is 5.89. The van der Waals surface area contributed by atoms with Crippen LogP contribution in [0.3, 0.4) is 0 Å². The summed E-state index contributed by atoms with van der Waals surface area (Å²) in [6.45, 7) is 0. The molecule has 0 radical (unpaired) electrons. The Balaban J connectivity index is 1.91. The van der Waals surface area contributed by atoms with Gasteiger partial charge in [-0.25, -0.2) is 0 Å². The van der Waals surface area contributed by atoms with Gasteiger partial charge in [0.1, 0.15) is 11.4 Å². The number of fused-ring (bicyclic) bond motifs is 1. The Hall–Kier alpha value is -1.71. The molecule has 1 aromatic carbocycles. The normalized spacial score (nSPS) is 24.1. The molecule has 20 heavy (non-hydrogen) atoms. The zero-order valence-electron chi connectivity index (χ0n) is 12.3. The highest BCUT2D eigenvalue weighted by atomic mass is 16.5. The van der Waals surface area contributed by atoms with E-state index in [4.69, 9.17) is 4.74 Å². The van der Waals surface area contributed by atoms with Gasteiger partial charge in [0.25, 0.3) is 0 Å². The molecule has 0 aromatic heterocycles. The number of ether oxygens (including phenoxy) is 1. The fourth-order valence-electron chi connectivity index (χ4n) is 3.49. The van der Waals surface area contributed by atoms with E-state index in [1.54, 1.807) is 7.05 Å². The molecule has 4 heteroatoms. The molecule has 1 fully saturated rings. The first-order chi connectivity index (χ1) is 9.76. The van der Waals surface area contributed by atoms with Crippen molar-refractivity contribution in [1.29, 1.82) is 0 Å². The average Bonchev–Trinajstić information content (AvgIpc) is 2.92. The Morgan fingerprint density at radius 3 is 2.75 bits per heavy atom. The third-order valence-corrected chi connectivity index (χ3v) is 4.48. The van der Waals surface area contributed by atoms with E-state index in [2.05, 4.69) is 39.9 Å². The lowest BCUT2D eigenvalue weighted by Gasteiger charge is -2.40. The number of para-hydroxylation sites is 1. The van der Waals surface area contributed by atoms with E-state index in [1.807, 2.05) is 7.05 Å². The first-order valence-electron chi connectivity index (χ1n) is 7.45. The summed E-state index contributed by atoms with van der Waals surface area (Å²) >= 11 is 0. The molecule has 1 heterocycles. The maximum absolute atomic E-state index is 6.36. The van der Waals surface area contributed by atoms with Gasteiger partial charge in [-0.2, -0.15) is 0 Å². The molecule has 108 valence electrons. The summed E-state index contributed by atoms with van der Waals surface area (Å²) in [7, 11) is 3.70. The highest BCUT2D eigenvalue weighted by molar-refractivity contribution is 5.80. The van der Waals surface area contributed by atoms with Crippen LogP contribution in [-0.4, -0.2) is 25.7 Å². The van der Waals surface area contributed by atoms with Gasteiger partial charge >= 0.3 is 0 Å². The number of aliphatic imine (C=N–C) groups is 1. The first kappa shape index (κ1) is 13.3. The van der Waals surface area contributed by atoms with Crippen LogP contribution in [0.4, 0.5) is 0 Å². The van der Waals surface area contributed by atoms with Gasteiger partial charge in [0, 0.05) is 26.1 Å². The number of guanidine groups is 1. The predicted octanol–water partition coefficient (Wildman–Crippen LogP) is 2.62. The van der Waals surface area contributed by atoms with Crippen LogP contribution in [0.1, 0.15) is 43.7 Å². The lowest BCUT2D eigenvalue weighted by molar-refractivity contribution is 0.0396. The zero-order valence-corrected chi connectivity index (χ0v) is 12.3. The summed E-state index contributed by atoms with van der Waals surface area (Å²) in [5, 5.41) is 6.63. The van der Waals surface area contributed by atoms with Crippen molar-refractivity contribution < 1.29 is 4.74 Å². The van der Waals surface area contributed by atoms with Crippen molar-refractivity contribution in [3.05, 3.63) is 29.8 Å². The molecule has 1 aliphatic carbocycles.